The summed E-state index contributed by atoms with van der Waals surface area (Å²) in [7, 11) is -3.47. The van der Waals surface area contributed by atoms with Crippen molar-refractivity contribution in [1.29, 1.82) is 0 Å². The number of ether oxygens (including phenoxy) is 3. The Morgan fingerprint density at radius 1 is 1.15 bits per heavy atom. The van der Waals surface area contributed by atoms with Crippen molar-refractivity contribution >= 4 is 42.4 Å². The van der Waals surface area contributed by atoms with Gasteiger partial charge in [-0.15, -0.1) is 0 Å². The van der Waals surface area contributed by atoms with Crippen LogP contribution in [0.15, 0.2) is 47.4 Å². The minimum Gasteiger partial charge on any atom is -0.485 e. The smallest absolute Gasteiger partial charge is 0.273 e. The Kier molecular flexibility index (Phi) is 6.43. The van der Waals surface area contributed by atoms with E-state index < -0.39 is 15.9 Å². The SMILES string of the molecule is CS(=O)(=O)c1cccc2sc(N(CCN3CCOCC3)C(=O)C3COc4ccccc4O3)nc12. The molecule has 0 radical (unpaired) electrons. The number of carbonyl (C=O) groups is 1. The van der Waals surface area contributed by atoms with E-state index in [0.717, 1.165) is 19.3 Å². The summed E-state index contributed by atoms with van der Waals surface area (Å²) >= 11 is 1.29. The second kappa shape index (κ2) is 9.49. The zero-order chi connectivity index (χ0) is 23.7. The molecule has 180 valence electrons. The summed E-state index contributed by atoms with van der Waals surface area (Å²) in [6, 6.07) is 12.3. The first-order chi connectivity index (χ1) is 16.4. The standard InChI is InChI=1S/C23H25N3O6S2/c1-34(28,29)20-8-4-7-19-21(20)24-23(33-19)26(10-9-25-11-13-30-14-12-25)22(27)18-15-31-16-5-2-3-6-17(16)32-18/h2-8,18H,9-15H2,1H3. The molecule has 1 saturated heterocycles. The van der Waals surface area contributed by atoms with Crippen LogP contribution in [0.2, 0.25) is 0 Å². The van der Waals surface area contributed by atoms with Gasteiger partial charge in [0.05, 0.1) is 22.8 Å². The molecule has 1 amide bonds. The van der Waals surface area contributed by atoms with E-state index in [1.165, 1.54) is 17.4 Å². The van der Waals surface area contributed by atoms with Gasteiger partial charge in [0.15, 0.2) is 26.5 Å². The molecule has 3 aromatic rings. The van der Waals surface area contributed by atoms with Crippen molar-refractivity contribution in [3.05, 3.63) is 42.5 Å². The van der Waals surface area contributed by atoms with Crippen LogP contribution in [-0.2, 0) is 19.4 Å². The lowest BCUT2D eigenvalue weighted by Gasteiger charge is -2.32. The number of benzene rings is 2. The maximum Gasteiger partial charge on any atom is 0.273 e. The highest BCUT2D eigenvalue weighted by atomic mass is 32.2. The summed E-state index contributed by atoms with van der Waals surface area (Å²) in [6.45, 7) is 3.99. The lowest BCUT2D eigenvalue weighted by molar-refractivity contribution is -0.127. The van der Waals surface area contributed by atoms with Crippen LogP contribution in [0.1, 0.15) is 0 Å². The van der Waals surface area contributed by atoms with Gasteiger partial charge >= 0.3 is 0 Å². The monoisotopic (exact) mass is 503 g/mol. The third-order valence-corrected chi connectivity index (χ3v) is 7.97. The average Bonchev–Trinajstić information content (AvgIpc) is 3.27. The molecule has 1 fully saturated rings. The van der Waals surface area contributed by atoms with E-state index in [1.807, 2.05) is 18.2 Å². The summed E-state index contributed by atoms with van der Waals surface area (Å²) in [5, 5.41) is 0.437. The summed E-state index contributed by atoms with van der Waals surface area (Å²) in [4.78, 5) is 22.2. The van der Waals surface area contributed by atoms with Crippen LogP contribution in [-0.4, -0.2) is 82.6 Å². The molecule has 0 saturated carbocycles. The molecule has 2 aliphatic rings. The molecule has 1 atom stereocenters. The molecule has 3 heterocycles. The van der Waals surface area contributed by atoms with Crippen LogP contribution in [0.4, 0.5) is 5.13 Å². The van der Waals surface area contributed by atoms with Crippen molar-refractivity contribution < 1.29 is 27.4 Å². The van der Waals surface area contributed by atoms with E-state index in [2.05, 4.69) is 9.88 Å². The van der Waals surface area contributed by atoms with Crippen molar-refractivity contribution in [3.8, 4) is 11.5 Å². The Labute approximate surface area is 201 Å². The Bertz CT molecular complexity index is 1300. The predicted molar refractivity (Wildman–Crippen MR) is 129 cm³/mol. The van der Waals surface area contributed by atoms with E-state index in [9.17, 15) is 13.2 Å². The molecule has 5 rings (SSSR count). The molecular weight excluding hydrogens is 478 g/mol. The third kappa shape index (κ3) is 4.74. The maximum absolute atomic E-state index is 13.7. The minimum atomic E-state index is -3.47. The Morgan fingerprint density at radius 3 is 2.68 bits per heavy atom. The van der Waals surface area contributed by atoms with E-state index in [4.69, 9.17) is 14.2 Å². The van der Waals surface area contributed by atoms with Gasteiger partial charge in [-0.3, -0.25) is 14.6 Å². The molecule has 0 bridgehead atoms. The highest BCUT2D eigenvalue weighted by Gasteiger charge is 2.34. The number of para-hydroxylation sites is 3. The first kappa shape index (κ1) is 23.0. The predicted octanol–water partition coefficient (Wildman–Crippen LogP) is 2.21. The molecule has 2 aliphatic heterocycles. The molecule has 1 aromatic heterocycles. The lowest BCUT2D eigenvalue weighted by Crippen LogP contribution is -2.49. The second-order valence-electron chi connectivity index (χ2n) is 8.18. The van der Waals surface area contributed by atoms with Crippen molar-refractivity contribution in [2.24, 2.45) is 0 Å². The normalized spacial score (nSPS) is 18.7. The van der Waals surface area contributed by atoms with Gasteiger partial charge in [-0.2, -0.15) is 0 Å². The first-order valence-corrected chi connectivity index (χ1v) is 13.7. The molecule has 0 aliphatic carbocycles. The number of amides is 1. The number of carbonyl (C=O) groups excluding carboxylic acids is 1. The van der Waals surface area contributed by atoms with E-state index in [0.29, 0.717) is 53.2 Å². The van der Waals surface area contributed by atoms with Crippen LogP contribution in [0.5, 0.6) is 11.5 Å². The quantitative estimate of drug-likeness (QED) is 0.505. The molecule has 9 nitrogen and oxygen atoms in total. The number of sulfone groups is 1. The number of anilines is 1. The number of nitrogens with zero attached hydrogens (tertiary/aromatic N) is 3. The average molecular weight is 504 g/mol. The van der Waals surface area contributed by atoms with E-state index in [1.54, 1.807) is 23.1 Å². The lowest BCUT2D eigenvalue weighted by atomic mass is 10.2. The van der Waals surface area contributed by atoms with Crippen molar-refractivity contribution in [1.82, 2.24) is 9.88 Å². The van der Waals surface area contributed by atoms with Crippen LogP contribution in [0.25, 0.3) is 10.2 Å². The highest BCUT2D eigenvalue weighted by Crippen LogP contribution is 2.35. The Balaban J connectivity index is 1.46. The molecule has 0 N–H and O–H groups in total. The largest absolute Gasteiger partial charge is 0.485 e. The van der Waals surface area contributed by atoms with E-state index >= 15 is 0 Å². The zero-order valence-corrected chi connectivity index (χ0v) is 20.3. The number of thiazole rings is 1. The highest BCUT2D eigenvalue weighted by molar-refractivity contribution is 7.91. The fourth-order valence-corrected chi connectivity index (χ4v) is 5.93. The maximum atomic E-state index is 13.7. The van der Waals surface area contributed by atoms with Crippen molar-refractivity contribution in [3.63, 3.8) is 0 Å². The van der Waals surface area contributed by atoms with Gasteiger partial charge in [0.25, 0.3) is 5.91 Å². The van der Waals surface area contributed by atoms with Gasteiger partial charge in [-0.1, -0.05) is 29.5 Å². The number of hydrogen-bond donors (Lipinski definition) is 0. The van der Waals surface area contributed by atoms with Crippen molar-refractivity contribution in [2.75, 3.05) is 57.2 Å². The number of morpholine rings is 1. The fraction of sp³-hybridized carbons (Fsp3) is 0.391. The molecule has 2 aromatic carbocycles. The van der Waals surface area contributed by atoms with Gasteiger partial charge in [-0.25, -0.2) is 13.4 Å². The van der Waals surface area contributed by atoms with Gasteiger partial charge in [-0.05, 0) is 24.3 Å². The molecule has 34 heavy (non-hydrogen) atoms. The van der Waals surface area contributed by atoms with E-state index in [-0.39, 0.29) is 17.4 Å². The first-order valence-electron chi connectivity index (χ1n) is 11.0. The fourth-order valence-electron chi connectivity index (χ4n) is 4.01. The Morgan fingerprint density at radius 2 is 1.91 bits per heavy atom. The summed E-state index contributed by atoms with van der Waals surface area (Å²) < 4.78 is 42.4. The number of hydrogen-bond acceptors (Lipinski definition) is 9. The number of fused-ring (bicyclic) bond motifs is 2. The molecule has 11 heteroatoms. The zero-order valence-electron chi connectivity index (χ0n) is 18.7. The van der Waals surface area contributed by atoms with Crippen LogP contribution in [0.3, 0.4) is 0 Å². The second-order valence-corrected chi connectivity index (χ2v) is 11.2. The number of rotatable bonds is 6. The summed E-state index contributed by atoms with van der Waals surface area (Å²) in [6.07, 6.45) is 0.327. The number of aromatic nitrogens is 1. The van der Waals surface area contributed by atoms with Gasteiger partial charge in [0.2, 0.25) is 6.10 Å². The molecule has 0 spiro atoms. The van der Waals surface area contributed by atoms with Crippen LogP contribution >= 0.6 is 11.3 Å². The Hall–Kier alpha value is -2.73. The van der Waals surface area contributed by atoms with Crippen LogP contribution < -0.4 is 14.4 Å². The third-order valence-electron chi connectivity index (χ3n) is 5.79. The van der Waals surface area contributed by atoms with Crippen molar-refractivity contribution in [2.45, 2.75) is 11.0 Å². The van der Waals surface area contributed by atoms with Gasteiger partial charge in [0.1, 0.15) is 12.1 Å². The topological polar surface area (TPSA) is 98.3 Å². The molecular formula is C23H25N3O6S2. The summed E-state index contributed by atoms with van der Waals surface area (Å²) in [5.74, 6) is 0.843. The van der Waals surface area contributed by atoms with Crippen LogP contribution in [0, 0.1) is 0 Å². The van der Waals surface area contributed by atoms with Gasteiger partial charge < -0.3 is 14.2 Å². The van der Waals surface area contributed by atoms with Gasteiger partial charge in [0, 0.05) is 32.4 Å². The summed E-state index contributed by atoms with van der Waals surface area (Å²) in [5.41, 5.74) is 0.375. The minimum absolute atomic E-state index is 0.0867. The molecule has 1 unspecified atom stereocenters.